The highest BCUT2D eigenvalue weighted by Crippen LogP contribution is 2.27. The summed E-state index contributed by atoms with van der Waals surface area (Å²) in [5.41, 5.74) is 0.953. The van der Waals surface area contributed by atoms with Gasteiger partial charge in [0.15, 0.2) is 0 Å². The fourth-order valence-electron chi connectivity index (χ4n) is 2.28. The van der Waals surface area contributed by atoms with Gasteiger partial charge in [0.25, 0.3) is 0 Å². The topological polar surface area (TPSA) is 74.2 Å². The van der Waals surface area contributed by atoms with E-state index in [1.165, 1.54) is 0 Å². The molecule has 1 aromatic rings. The van der Waals surface area contributed by atoms with Crippen LogP contribution in [0.15, 0.2) is 22.7 Å². The molecule has 1 saturated carbocycles. The van der Waals surface area contributed by atoms with E-state index in [0.29, 0.717) is 5.56 Å². The van der Waals surface area contributed by atoms with Crippen LogP contribution in [0.3, 0.4) is 0 Å². The lowest BCUT2D eigenvalue weighted by Gasteiger charge is -2.37. The maximum Gasteiger partial charge on any atom is 0.407 e. The summed E-state index contributed by atoms with van der Waals surface area (Å²) in [4.78, 5) is 11.7. The zero-order valence-corrected chi connectivity index (χ0v) is 14.5. The van der Waals surface area contributed by atoms with Gasteiger partial charge in [-0.15, -0.1) is 0 Å². The van der Waals surface area contributed by atoms with Crippen molar-refractivity contribution in [3.8, 4) is 6.07 Å². The number of nitrogens with zero attached hydrogens (tertiary/aromatic N) is 1. The number of benzene rings is 1. The number of alkyl carbamates (subject to hydrolysis) is 1. The maximum atomic E-state index is 11.7. The Morgan fingerprint density at radius 1 is 1.36 bits per heavy atom. The lowest BCUT2D eigenvalue weighted by Crippen LogP contribution is -2.50. The molecule has 0 unspecified atom stereocenters. The molecule has 0 heterocycles. The minimum absolute atomic E-state index is 0.119. The predicted molar refractivity (Wildman–Crippen MR) is 88.7 cm³/mol. The molecule has 2 N–H and O–H groups in total. The van der Waals surface area contributed by atoms with Crippen LogP contribution in [-0.4, -0.2) is 23.8 Å². The fourth-order valence-corrected chi connectivity index (χ4v) is 2.64. The second-order valence-electron chi connectivity index (χ2n) is 6.46. The Morgan fingerprint density at radius 2 is 2.05 bits per heavy atom. The summed E-state index contributed by atoms with van der Waals surface area (Å²) in [7, 11) is 0. The highest BCUT2D eigenvalue weighted by atomic mass is 79.9. The first-order chi connectivity index (χ1) is 10.3. The number of halogens is 1. The van der Waals surface area contributed by atoms with E-state index in [1.807, 2.05) is 32.9 Å². The number of rotatable bonds is 3. The Kier molecular flexibility index (Phi) is 4.97. The van der Waals surface area contributed by atoms with Crippen molar-refractivity contribution in [2.45, 2.75) is 51.3 Å². The number of hydrogen-bond donors (Lipinski definition) is 2. The maximum absolute atomic E-state index is 11.7. The molecule has 1 aliphatic rings. The summed E-state index contributed by atoms with van der Waals surface area (Å²) in [5, 5.41) is 15.3. The van der Waals surface area contributed by atoms with Gasteiger partial charge in [0.1, 0.15) is 11.7 Å². The summed E-state index contributed by atoms with van der Waals surface area (Å²) < 4.78 is 6.11. The molecule has 0 aliphatic heterocycles. The molecule has 5 nitrogen and oxygen atoms in total. The molecule has 0 spiro atoms. The smallest absolute Gasteiger partial charge is 0.407 e. The van der Waals surface area contributed by atoms with Crippen LogP contribution in [0.4, 0.5) is 10.5 Å². The molecule has 6 heteroatoms. The second-order valence-corrected chi connectivity index (χ2v) is 7.37. The molecule has 1 aliphatic carbocycles. The van der Waals surface area contributed by atoms with Crippen molar-refractivity contribution in [1.29, 1.82) is 5.26 Å². The molecule has 0 aromatic heterocycles. The molecular weight excluding hydrogens is 346 g/mol. The van der Waals surface area contributed by atoms with Crippen molar-refractivity contribution in [3.63, 3.8) is 0 Å². The Balaban J connectivity index is 1.81. The largest absolute Gasteiger partial charge is 0.444 e. The number of carbonyl (C=O) groups is 1. The van der Waals surface area contributed by atoms with Crippen molar-refractivity contribution in [3.05, 3.63) is 28.2 Å². The monoisotopic (exact) mass is 365 g/mol. The molecule has 0 saturated heterocycles. The molecule has 0 radical (unpaired) electrons. The molecule has 2 rings (SSSR count). The third kappa shape index (κ3) is 4.63. The third-order valence-electron chi connectivity index (χ3n) is 3.32. The number of anilines is 1. The molecule has 0 atom stereocenters. The zero-order valence-electron chi connectivity index (χ0n) is 12.9. The number of nitrogens with one attached hydrogen (secondary N) is 2. The number of ether oxygens (including phenoxy) is 1. The standard InChI is InChI=1S/C16H20BrN3O2/c1-16(2,3)22-15(21)20-13-7-12(8-13)19-14-5-4-11(17)6-10(14)9-18/h4-6,12-13,19H,7-8H2,1-3H3,(H,20,21). The van der Waals surface area contributed by atoms with Crippen LogP contribution < -0.4 is 10.6 Å². The van der Waals surface area contributed by atoms with Crippen LogP contribution >= 0.6 is 15.9 Å². The summed E-state index contributed by atoms with van der Waals surface area (Å²) in [5.74, 6) is 0. The molecule has 1 fully saturated rings. The predicted octanol–water partition coefficient (Wildman–Crippen LogP) is 3.79. The van der Waals surface area contributed by atoms with Crippen LogP contribution in [-0.2, 0) is 4.74 Å². The SMILES string of the molecule is CC(C)(C)OC(=O)NC1CC(Nc2ccc(Br)cc2C#N)C1. The first kappa shape index (κ1) is 16.6. The van der Waals surface area contributed by atoms with Crippen molar-refractivity contribution < 1.29 is 9.53 Å². The van der Waals surface area contributed by atoms with Crippen LogP contribution in [0, 0.1) is 11.3 Å². The summed E-state index contributed by atoms with van der Waals surface area (Å²) in [6, 6.07) is 8.13. The molecule has 22 heavy (non-hydrogen) atoms. The third-order valence-corrected chi connectivity index (χ3v) is 3.81. The van der Waals surface area contributed by atoms with Crippen LogP contribution in [0.25, 0.3) is 0 Å². The Hall–Kier alpha value is -1.74. The van der Waals surface area contributed by atoms with Gasteiger partial charge >= 0.3 is 6.09 Å². The first-order valence-electron chi connectivity index (χ1n) is 7.22. The van der Waals surface area contributed by atoms with Crippen molar-refractivity contribution in [2.24, 2.45) is 0 Å². The van der Waals surface area contributed by atoms with E-state index in [-0.39, 0.29) is 18.2 Å². The van der Waals surface area contributed by atoms with Crippen molar-refractivity contribution >= 4 is 27.7 Å². The summed E-state index contributed by atoms with van der Waals surface area (Å²) >= 11 is 3.35. The van der Waals surface area contributed by atoms with E-state index in [9.17, 15) is 4.79 Å². The zero-order chi connectivity index (χ0) is 16.3. The number of carbonyl (C=O) groups excluding carboxylic acids is 1. The lowest BCUT2D eigenvalue weighted by molar-refractivity contribution is 0.0475. The van der Waals surface area contributed by atoms with E-state index in [2.05, 4.69) is 32.6 Å². The normalized spacial score (nSPS) is 20.5. The van der Waals surface area contributed by atoms with Crippen molar-refractivity contribution in [1.82, 2.24) is 5.32 Å². The molecule has 118 valence electrons. The van der Waals surface area contributed by atoms with Gasteiger partial charge in [-0.1, -0.05) is 15.9 Å². The highest BCUT2D eigenvalue weighted by molar-refractivity contribution is 9.10. The number of nitriles is 1. The minimum atomic E-state index is -0.482. The van der Waals surface area contributed by atoms with Gasteiger partial charge < -0.3 is 15.4 Å². The Labute approximate surface area is 139 Å². The van der Waals surface area contributed by atoms with E-state index in [0.717, 1.165) is 23.0 Å². The van der Waals surface area contributed by atoms with E-state index in [1.54, 1.807) is 6.07 Å². The van der Waals surface area contributed by atoms with Gasteiger partial charge in [-0.2, -0.15) is 5.26 Å². The fraction of sp³-hybridized carbons (Fsp3) is 0.500. The second kappa shape index (κ2) is 6.57. The first-order valence-corrected chi connectivity index (χ1v) is 8.02. The minimum Gasteiger partial charge on any atom is -0.444 e. The molecule has 1 amide bonds. The molecule has 0 bridgehead atoms. The van der Waals surface area contributed by atoms with Crippen LogP contribution in [0.2, 0.25) is 0 Å². The molecule has 1 aromatic carbocycles. The van der Waals surface area contributed by atoms with Crippen LogP contribution in [0.1, 0.15) is 39.2 Å². The van der Waals surface area contributed by atoms with Gasteiger partial charge in [-0.3, -0.25) is 0 Å². The van der Waals surface area contributed by atoms with Gasteiger partial charge in [0.05, 0.1) is 11.3 Å². The quantitative estimate of drug-likeness (QED) is 0.854. The van der Waals surface area contributed by atoms with E-state index >= 15 is 0 Å². The Morgan fingerprint density at radius 3 is 2.64 bits per heavy atom. The van der Waals surface area contributed by atoms with Crippen LogP contribution in [0.5, 0.6) is 0 Å². The van der Waals surface area contributed by atoms with Gasteiger partial charge in [-0.05, 0) is 51.8 Å². The van der Waals surface area contributed by atoms with E-state index < -0.39 is 5.60 Å². The van der Waals surface area contributed by atoms with E-state index in [4.69, 9.17) is 10.00 Å². The lowest BCUT2D eigenvalue weighted by atomic mass is 9.86. The number of hydrogen-bond acceptors (Lipinski definition) is 4. The van der Waals surface area contributed by atoms with Gasteiger partial charge in [-0.25, -0.2) is 4.79 Å². The average Bonchev–Trinajstić information content (AvgIpc) is 2.35. The average molecular weight is 366 g/mol. The number of amides is 1. The highest BCUT2D eigenvalue weighted by Gasteiger charge is 2.31. The molecular formula is C16H20BrN3O2. The van der Waals surface area contributed by atoms with Crippen molar-refractivity contribution in [2.75, 3.05) is 5.32 Å². The van der Waals surface area contributed by atoms with Gasteiger partial charge in [0.2, 0.25) is 0 Å². The summed E-state index contributed by atoms with van der Waals surface area (Å²) in [6.07, 6.45) is 1.26. The Bertz CT molecular complexity index is 598. The summed E-state index contributed by atoms with van der Waals surface area (Å²) in [6.45, 7) is 5.53. The van der Waals surface area contributed by atoms with Gasteiger partial charge in [0, 0.05) is 16.6 Å².